The number of nitrogens with zero attached hydrogens (tertiary/aromatic N) is 2. The number of pyridine rings is 1. The third-order valence-corrected chi connectivity index (χ3v) is 3.23. The van der Waals surface area contributed by atoms with Crippen LogP contribution in [0.15, 0.2) is 42.7 Å². The average molecular weight is 249 g/mol. The largest absolute Gasteiger partial charge is 0.397 e. The van der Waals surface area contributed by atoms with Crippen LogP contribution in [0.3, 0.4) is 0 Å². The fourth-order valence-corrected chi connectivity index (χ4v) is 1.97. The minimum absolute atomic E-state index is 0.460. The molecule has 0 aliphatic rings. The van der Waals surface area contributed by atoms with Crippen LogP contribution in [0.2, 0.25) is 0 Å². The van der Waals surface area contributed by atoms with Crippen molar-refractivity contribution >= 4 is 11.3 Å². The van der Waals surface area contributed by atoms with Gasteiger partial charge in [-0.25, -0.2) is 0 Å². The van der Waals surface area contributed by atoms with Gasteiger partial charge in [0.15, 0.2) is 0 Å². The molecule has 2 N–H and O–H groups in total. The fourth-order valence-electron chi connectivity index (χ4n) is 1.97. The fraction of sp³-hybridized carbons (Fsp3) is 0.125. The van der Waals surface area contributed by atoms with Gasteiger partial charge in [0.05, 0.1) is 11.3 Å². The Hall–Kier alpha value is -2.60. The topological polar surface area (TPSA) is 62.7 Å². The Bertz CT molecular complexity index is 664. The molecule has 0 aliphatic heterocycles. The van der Waals surface area contributed by atoms with Gasteiger partial charge in [-0.3, -0.25) is 4.98 Å². The van der Waals surface area contributed by atoms with Gasteiger partial charge in [0.25, 0.3) is 0 Å². The number of allylic oxidation sites excluding steroid dienone is 1. The van der Waals surface area contributed by atoms with Gasteiger partial charge in [0, 0.05) is 23.5 Å². The SMILES string of the molecule is Cc1cccc(/C(N)=C(/C#N)c2cccnc2)c1C. The van der Waals surface area contributed by atoms with Gasteiger partial charge in [0.1, 0.15) is 6.07 Å². The molecule has 0 radical (unpaired) electrons. The summed E-state index contributed by atoms with van der Waals surface area (Å²) in [6.07, 6.45) is 3.32. The molecule has 0 atom stereocenters. The van der Waals surface area contributed by atoms with Gasteiger partial charge >= 0.3 is 0 Å². The predicted molar refractivity (Wildman–Crippen MR) is 76.8 cm³/mol. The molecule has 1 aromatic carbocycles. The maximum absolute atomic E-state index is 9.36. The van der Waals surface area contributed by atoms with Crippen LogP contribution in [0, 0.1) is 25.2 Å². The Labute approximate surface area is 113 Å². The zero-order chi connectivity index (χ0) is 13.8. The zero-order valence-corrected chi connectivity index (χ0v) is 11.0. The van der Waals surface area contributed by atoms with E-state index in [4.69, 9.17) is 5.73 Å². The number of rotatable bonds is 2. The molecule has 0 bridgehead atoms. The molecule has 1 heterocycles. The summed E-state index contributed by atoms with van der Waals surface area (Å²) < 4.78 is 0. The molecule has 0 amide bonds. The monoisotopic (exact) mass is 249 g/mol. The first-order valence-corrected chi connectivity index (χ1v) is 6.02. The first-order valence-electron chi connectivity index (χ1n) is 6.02. The number of nitrogens with two attached hydrogens (primary N) is 1. The minimum atomic E-state index is 0.460. The Balaban J connectivity index is 2.63. The van der Waals surface area contributed by atoms with E-state index in [1.165, 1.54) is 0 Å². The lowest BCUT2D eigenvalue weighted by Gasteiger charge is -2.11. The third-order valence-electron chi connectivity index (χ3n) is 3.23. The Morgan fingerprint density at radius 2 is 2.00 bits per heavy atom. The molecule has 1 aromatic heterocycles. The molecule has 3 nitrogen and oxygen atoms in total. The predicted octanol–water partition coefficient (Wildman–Crippen LogP) is 3.05. The molecule has 0 spiro atoms. The zero-order valence-electron chi connectivity index (χ0n) is 11.0. The van der Waals surface area contributed by atoms with E-state index in [2.05, 4.69) is 11.1 Å². The smallest absolute Gasteiger partial charge is 0.102 e. The number of nitriles is 1. The van der Waals surface area contributed by atoms with E-state index in [1.54, 1.807) is 18.5 Å². The van der Waals surface area contributed by atoms with Crippen LogP contribution in [0.4, 0.5) is 0 Å². The lowest BCUT2D eigenvalue weighted by molar-refractivity contribution is 1.29. The van der Waals surface area contributed by atoms with E-state index in [1.807, 2.05) is 38.1 Å². The van der Waals surface area contributed by atoms with Crippen LogP contribution in [0.5, 0.6) is 0 Å². The van der Waals surface area contributed by atoms with Gasteiger partial charge in [-0.2, -0.15) is 5.26 Å². The van der Waals surface area contributed by atoms with Gasteiger partial charge in [-0.15, -0.1) is 0 Å². The normalized spacial score (nSPS) is 11.6. The molecule has 2 rings (SSSR count). The van der Waals surface area contributed by atoms with Crippen LogP contribution < -0.4 is 5.73 Å². The van der Waals surface area contributed by atoms with Crippen molar-refractivity contribution in [3.8, 4) is 6.07 Å². The minimum Gasteiger partial charge on any atom is -0.397 e. The van der Waals surface area contributed by atoms with Crippen LogP contribution >= 0.6 is 0 Å². The van der Waals surface area contributed by atoms with Crippen molar-refractivity contribution in [1.82, 2.24) is 4.98 Å². The standard InChI is InChI=1S/C16H15N3/c1-11-5-3-7-14(12(11)2)16(18)15(9-17)13-6-4-8-19-10-13/h3-8,10H,18H2,1-2H3/b16-15+. The number of hydrogen-bond acceptors (Lipinski definition) is 3. The van der Waals surface area contributed by atoms with E-state index in [0.717, 1.165) is 22.3 Å². The molecule has 0 saturated heterocycles. The maximum atomic E-state index is 9.36. The maximum Gasteiger partial charge on any atom is 0.102 e. The summed E-state index contributed by atoms with van der Waals surface area (Å²) in [7, 11) is 0. The van der Waals surface area contributed by atoms with Crippen molar-refractivity contribution < 1.29 is 0 Å². The summed E-state index contributed by atoms with van der Waals surface area (Å²) in [6, 6.07) is 11.7. The third kappa shape index (κ3) is 2.48. The number of aryl methyl sites for hydroxylation is 1. The molecule has 0 fully saturated rings. The summed E-state index contributed by atoms with van der Waals surface area (Å²) in [4.78, 5) is 4.03. The highest BCUT2D eigenvalue weighted by molar-refractivity contribution is 5.96. The number of aromatic nitrogens is 1. The lowest BCUT2D eigenvalue weighted by atomic mass is 9.96. The molecule has 3 heteroatoms. The second-order valence-corrected chi connectivity index (χ2v) is 4.39. The quantitative estimate of drug-likeness (QED) is 0.832. The van der Waals surface area contributed by atoms with E-state index in [0.29, 0.717) is 11.3 Å². The van der Waals surface area contributed by atoms with Crippen LogP contribution in [-0.4, -0.2) is 4.98 Å². The van der Waals surface area contributed by atoms with Crippen molar-refractivity contribution in [2.24, 2.45) is 5.73 Å². The Morgan fingerprint density at radius 3 is 2.63 bits per heavy atom. The van der Waals surface area contributed by atoms with Crippen LogP contribution in [-0.2, 0) is 0 Å². The van der Waals surface area contributed by atoms with Crippen molar-refractivity contribution in [2.45, 2.75) is 13.8 Å². The second kappa shape index (κ2) is 5.36. The molecular formula is C16H15N3. The highest BCUT2D eigenvalue weighted by atomic mass is 14.6. The summed E-state index contributed by atoms with van der Waals surface area (Å²) in [5.74, 6) is 0. The second-order valence-electron chi connectivity index (χ2n) is 4.39. The van der Waals surface area contributed by atoms with E-state index in [-0.39, 0.29) is 0 Å². The Morgan fingerprint density at radius 1 is 1.21 bits per heavy atom. The summed E-state index contributed by atoms with van der Waals surface area (Å²) in [5, 5.41) is 9.36. The molecule has 2 aromatic rings. The molecule has 0 aliphatic carbocycles. The Kier molecular flexibility index (Phi) is 3.63. The van der Waals surface area contributed by atoms with Gasteiger partial charge < -0.3 is 5.73 Å². The van der Waals surface area contributed by atoms with Crippen molar-refractivity contribution in [2.75, 3.05) is 0 Å². The van der Waals surface area contributed by atoms with Crippen LogP contribution in [0.1, 0.15) is 22.3 Å². The van der Waals surface area contributed by atoms with Gasteiger partial charge in [-0.1, -0.05) is 24.3 Å². The molecular weight excluding hydrogens is 234 g/mol. The van der Waals surface area contributed by atoms with Gasteiger partial charge in [-0.05, 0) is 31.0 Å². The average Bonchev–Trinajstić information content (AvgIpc) is 2.44. The highest BCUT2D eigenvalue weighted by Gasteiger charge is 2.11. The summed E-state index contributed by atoms with van der Waals surface area (Å²) >= 11 is 0. The van der Waals surface area contributed by atoms with E-state index in [9.17, 15) is 5.26 Å². The van der Waals surface area contributed by atoms with Crippen molar-refractivity contribution in [3.63, 3.8) is 0 Å². The highest BCUT2D eigenvalue weighted by Crippen LogP contribution is 2.25. The first-order chi connectivity index (χ1) is 9.15. The molecule has 94 valence electrons. The first kappa shape index (κ1) is 12.8. The molecule has 19 heavy (non-hydrogen) atoms. The molecule has 0 saturated carbocycles. The van der Waals surface area contributed by atoms with E-state index < -0.39 is 0 Å². The summed E-state index contributed by atoms with van der Waals surface area (Å²) in [6.45, 7) is 4.04. The lowest BCUT2D eigenvalue weighted by Crippen LogP contribution is -2.03. The van der Waals surface area contributed by atoms with Crippen molar-refractivity contribution in [3.05, 3.63) is 65.0 Å². The number of hydrogen-bond donors (Lipinski definition) is 1. The van der Waals surface area contributed by atoms with E-state index >= 15 is 0 Å². The van der Waals surface area contributed by atoms with Crippen molar-refractivity contribution in [1.29, 1.82) is 5.26 Å². The molecule has 0 unspecified atom stereocenters. The van der Waals surface area contributed by atoms with Crippen LogP contribution in [0.25, 0.3) is 11.3 Å². The van der Waals surface area contributed by atoms with Gasteiger partial charge in [0.2, 0.25) is 0 Å². The summed E-state index contributed by atoms with van der Waals surface area (Å²) in [5.41, 5.74) is 11.0. The number of benzene rings is 1.